The Bertz CT molecular complexity index is 852. The third-order valence-electron chi connectivity index (χ3n) is 4.26. The zero-order chi connectivity index (χ0) is 20.1. The molecule has 2 amide bonds. The van der Waals surface area contributed by atoms with Crippen LogP contribution in [0.4, 0.5) is 14.5 Å². The molecule has 2 aromatic carbocycles. The number of hydrogen-bond acceptors (Lipinski definition) is 4. The van der Waals surface area contributed by atoms with Crippen LogP contribution in [0.15, 0.2) is 42.5 Å². The maximum atomic E-state index is 12.5. The molecule has 8 heteroatoms. The van der Waals surface area contributed by atoms with Crippen molar-refractivity contribution in [2.24, 2.45) is 5.92 Å². The normalized spacial score (nSPS) is 13.1. The summed E-state index contributed by atoms with van der Waals surface area (Å²) >= 11 is 0. The van der Waals surface area contributed by atoms with Crippen LogP contribution < -0.4 is 20.1 Å². The van der Waals surface area contributed by atoms with E-state index in [1.54, 1.807) is 30.3 Å². The van der Waals surface area contributed by atoms with E-state index in [1.165, 1.54) is 19.2 Å². The number of nitrogens with one attached hydrogen (secondary N) is 2. The first-order valence-corrected chi connectivity index (χ1v) is 8.77. The topological polar surface area (TPSA) is 76.7 Å². The van der Waals surface area contributed by atoms with Crippen molar-refractivity contribution in [3.63, 3.8) is 0 Å². The van der Waals surface area contributed by atoms with E-state index in [4.69, 9.17) is 4.74 Å². The standard InChI is InChI=1S/C20H20F2N2O4/c1-27-16-9-2-12(10-17(16)28-20(21)22)11-23-18(25)13-5-7-15(8-6-13)24-19(26)14-3-4-14/h2,5-10,14,20H,3-4,11H2,1H3,(H,23,25)(H,24,26). The first-order chi connectivity index (χ1) is 13.5. The summed E-state index contributed by atoms with van der Waals surface area (Å²) in [5.41, 5.74) is 1.64. The summed E-state index contributed by atoms with van der Waals surface area (Å²) in [5, 5.41) is 5.51. The van der Waals surface area contributed by atoms with Gasteiger partial charge in [0.25, 0.3) is 5.91 Å². The lowest BCUT2D eigenvalue weighted by Crippen LogP contribution is -2.23. The molecule has 1 saturated carbocycles. The molecule has 0 aliphatic heterocycles. The number of benzene rings is 2. The van der Waals surface area contributed by atoms with Crippen LogP contribution in [0.3, 0.4) is 0 Å². The van der Waals surface area contributed by atoms with Gasteiger partial charge >= 0.3 is 6.61 Å². The minimum absolute atomic E-state index is 0.00136. The number of amides is 2. The molecule has 6 nitrogen and oxygen atoms in total. The Kier molecular flexibility index (Phi) is 6.08. The molecule has 1 aliphatic carbocycles. The first-order valence-electron chi connectivity index (χ1n) is 8.77. The number of rotatable bonds is 8. The molecule has 0 radical (unpaired) electrons. The van der Waals surface area contributed by atoms with Gasteiger partial charge in [-0.3, -0.25) is 9.59 Å². The molecule has 0 bridgehead atoms. The van der Waals surface area contributed by atoms with Crippen molar-refractivity contribution < 1.29 is 27.8 Å². The van der Waals surface area contributed by atoms with Crippen molar-refractivity contribution in [3.05, 3.63) is 53.6 Å². The molecule has 0 saturated heterocycles. The zero-order valence-corrected chi connectivity index (χ0v) is 15.2. The number of alkyl halides is 2. The molecule has 0 heterocycles. The number of methoxy groups -OCH3 is 1. The molecule has 1 aliphatic rings. The number of carbonyl (C=O) groups excluding carboxylic acids is 2. The number of hydrogen-bond donors (Lipinski definition) is 2. The lowest BCUT2D eigenvalue weighted by atomic mass is 10.1. The van der Waals surface area contributed by atoms with E-state index in [-0.39, 0.29) is 35.8 Å². The van der Waals surface area contributed by atoms with Crippen LogP contribution in [0.1, 0.15) is 28.8 Å². The van der Waals surface area contributed by atoms with Crippen molar-refractivity contribution in [1.82, 2.24) is 5.32 Å². The zero-order valence-electron chi connectivity index (χ0n) is 15.2. The molecule has 2 N–H and O–H groups in total. The van der Waals surface area contributed by atoms with Gasteiger partial charge in [0.15, 0.2) is 11.5 Å². The van der Waals surface area contributed by atoms with Crippen molar-refractivity contribution >= 4 is 17.5 Å². The molecule has 1 fully saturated rings. The van der Waals surface area contributed by atoms with E-state index in [0.29, 0.717) is 16.8 Å². The van der Waals surface area contributed by atoms with E-state index in [2.05, 4.69) is 15.4 Å². The lowest BCUT2D eigenvalue weighted by Gasteiger charge is -2.12. The second kappa shape index (κ2) is 8.69. The van der Waals surface area contributed by atoms with Gasteiger partial charge in [-0.25, -0.2) is 0 Å². The van der Waals surface area contributed by atoms with Crippen LogP contribution in [-0.4, -0.2) is 25.5 Å². The van der Waals surface area contributed by atoms with Crippen molar-refractivity contribution in [2.45, 2.75) is 26.0 Å². The molecule has 0 atom stereocenters. The maximum Gasteiger partial charge on any atom is 0.387 e. The van der Waals surface area contributed by atoms with Crippen LogP contribution in [0.2, 0.25) is 0 Å². The lowest BCUT2D eigenvalue weighted by molar-refractivity contribution is -0.117. The fraction of sp³-hybridized carbons (Fsp3) is 0.300. The van der Waals surface area contributed by atoms with Gasteiger partial charge in [0.05, 0.1) is 7.11 Å². The number of ether oxygens (including phenoxy) is 2. The summed E-state index contributed by atoms with van der Waals surface area (Å²) < 4.78 is 34.4. The highest BCUT2D eigenvalue weighted by atomic mass is 19.3. The summed E-state index contributed by atoms with van der Waals surface area (Å²) in [6.45, 7) is -2.85. The predicted molar refractivity (Wildman–Crippen MR) is 98.6 cm³/mol. The van der Waals surface area contributed by atoms with E-state index in [0.717, 1.165) is 12.8 Å². The van der Waals surface area contributed by atoms with Crippen LogP contribution in [0.25, 0.3) is 0 Å². The Morgan fingerprint density at radius 3 is 2.43 bits per heavy atom. The van der Waals surface area contributed by atoms with Crippen LogP contribution in [0, 0.1) is 5.92 Å². The average Bonchev–Trinajstić information content (AvgIpc) is 3.52. The first kappa shape index (κ1) is 19.6. The molecule has 148 valence electrons. The number of carbonyl (C=O) groups is 2. The summed E-state index contributed by atoms with van der Waals surface area (Å²) in [4.78, 5) is 24.0. The number of anilines is 1. The van der Waals surface area contributed by atoms with Gasteiger partial charge in [-0.2, -0.15) is 8.78 Å². The van der Waals surface area contributed by atoms with Gasteiger partial charge in [0.2, 0.25) is 5.91 Å². The van der Waals surface area contributed by atoms with Crippen LogP contribution >= 0.6 is 0 Å². The van der Waals surface area contributed by atoms with E-state index < -0.39 is 6.61 Å². The van der Waals surface area contributed by atoms with Crippen LogP contribution in [-0.2, 0) is 11.3 Å². The highest BCUT2D eigenvalue weighted by Gasteiger charge is 2.29. The Morgan fingerprint density at radius 1 is 1.11 bits per heavy atom. The maximum absolute atomic E-state index is 12.5. The monoisotopic (exact) mass is 390 g/mol. The molecular formula is C20H20F2N2O4. The van der Waals surface area contributed by atoms with Crippen LogP contribution in [0.5, 0.6) is 11.5 Å². The van der Waals surface area contributed by atoms with Gasteiger partial charge < -0.3 is 20.1 Å². The Morgan fingerprint density at radius 2 is 1.82 bits per heavy atom. The Hall–Kier alpha value is -3.16. The third kappa shape index (κ3) is 5.18. The molecule has 3 rings (SSSR count). The summed E-state index contributed by atoms with van der Waals surface area (Å²) in [5.74, 6) is -0.142. The molecule has 2 aromatic rings. The van der Waals surface area contributed by atoms with Crippen molar-refractivity contribution in [3.8, 4) is 11.5 Å². The van der Waals surface area contributed by atoms with Gasteiger partial charge in [-0.15, -0.1) is 0 Å². The van der Waals surface area contributed by atoms with E-state index in [9.17, 15) is 18.4 Å². The van der Waals surface area contributed by atoms with Gasteiger partial charge in [-0.05, 0) is 54.8 Å². The smallest absolute Gasteiger partial charge is 0.387 e. The molecular weight excluding hydrogens is 370 g/mol. The fourth-order valence-corrected chi connectivity index (χ4v) is 2.60. The predicted octanol–water partition coefficient (Wildman–Crippen LogP) is 3.58. The van der Waals surface area contributed by atoms with E-state index in [1.807, 2.05) is 0 Å². The fourth-order valence-electron chi connectivity index (χ4n) is 2.60. The second-order valence-electron chi connectivity index (χ2n) is 6.39. The summed E-state index contributed by atoms with van der Waals surface area (Å²) in [7, 11) is 1.35. The third-order valence-corrected chi connectivity index (χ3v) is 4.26. The average molecular weight is 390 g/mol. The summed E-state index contributed by atoms with van der Waals surface area (Å²) in [6, 6.07) is 11.1. The minimum Gasteiger partial charge on any atom is -0.493 e. The van der Waals surface area contributed by atoms with E-state index >= 15 is 0 Å². The van der Waals surface area contributed by atoms with Gasteiger partial charge in [0.1, 0.15) is 0 Å². The van der Waals surface area contributed by atoms with Gasteiger partial charge in [0, 0.05) is 23.7 Å². The largest absolute Gasteiger partial charge is 0.493 e. The van der Waals surface area contributed by atoms with Crippen molar-refractivity contribution in [2.75, 3.05) is 12.4 Å². The van der Waals surface area contributed by atoms with Gasteiger partial charge in [-0.1, -0.05) is 6.07 Å². The quantitative estimate of drug-likeness (QED) is 0.722. The Balaban J connectivity index is 1.58. The summed E-state index contributed by atoms with van der Waals surface area (Å²) in [6.07, 6.45) is 1.84. The SMILES string of the molecule is COc1ccc(CNC(=O)c2ccc(NC(=O)C3CC3)cc2)cc1OC(F)F. The van der Waals surface area contributed by atoms with Crippen molar-refractivity contribution in [1.29, 1.82) is 0 Å². The number of halogens is 2. The minimum atomic E-state index is -2.97. The molecule has 0 spiro atoms. The molecule has 28 heavy (non-hydrogen) atoms. The highest BCUT2D eigenvalue weighted by molar-refractivity contribution is 5.96. The molecule has 0 unspecified atom stereocenters. The second-order valence-corrected chi connectivity index (χ2v) is 6.39. The Labute approximate surface area is 160 Å². The highest BCUT2D eigenvalue weighted by Crippen LogP contribution is 2.30. The molecule has 0 aromatic heterocycles.